The van der Waals surface area contributed by atoms with E-state index in [1.54, 1.807) is 28.7 Å². The Kier molecular flexibility index (Phi) is 4.04. The molecule has 102 valence electrons. The number of carbonyl (C=O) groups is 1. The number of halogens is 1. The molecule has 0 saturated carbocycles. The predicted octanol–water partition coefficient (Wildman–Crippen LogP) is 2.28. The Bertz CT molecular complexity index is 600. The fourth-order valence-electron chi connectivity index (χ4n) is 1.99. The normalized spacial score (nSPS) is 10.9. The number of hydrogen-bond donors (Lipinski definition) is 0. The lowest BCUT2D eigenvalue weighted by Gasteiger charge is -2.03. The van der Waals surface area contributed by atoms with Crippen molar-refractivity contribution in [3.63, 3.8) is 0 Å². The average molecular weight is 281 g/mol. The van der Waals surface area contributed by atoms with Crippen LogP contribution in [0.1, 0.15) is 35.7 Å². The summed E-state index contributed by atoms with van der Waals surface area (Å²) in [6.07, 6.45) is 2.75. The molecule has 0 aromatic carbocycles. The number of ketones is 1. The van der Waals surface area contributed by atoms with E-state index in [0.29, 0.717) is 17.3 Å². The lowest BCUT2D eigenvalue weighted by atomic mass is 10.1. The average Bonchev–Trinajstić information content (AvgIpc) is 2.95. The van der Waals surface area contributed by atoms with Gasteiger partial charge >= 0.3 is 0 Å². The third-order valence-electron chi connectivity index (χ3n) is 3.02. The minimum absolute atomic E-state index is 0.0419. The first-order valence-corrected chi connectivity index (χ1v) is 6.71. The van der Waals surface area contributed by atoms with E-state index in [1.807, 2.05) is 13.8 Å². The summed E-state index contributed by atoms with van der Waals surface area (Å²) in [5, 5.41) is 9.12. The molecule has 5 nitrogen and oxygen atoms in total. The van der Waals surface area contributed by atoms with E-state index in [2.05, 4.69) is 10.2 Å². The highest BCUT2D eigenvalue weighted by Crippen LogP contribution is 2.23. The van der Waals surface area contributed by atoms with Gasteiger partial charge in [-0.25, -0.2) is 0 Å². The first-order valence-electron chi connectivity index (χ1n) is 6.33. The van der Waals surface area contributed by atoms with Crippen molar-refractivity contribution in [2.45, 2.75) is 33.2 Å². The number of nitrogens with zero attached hydrogens (tertiary/aromatic N) is 4. The number of aryl methyl sites for hydroxylation is 3. The second-order valence-electron chi connectivity index (χ2n) is 4.35. The van der Waals surface area contributed by atoms with E-state index in [0.717, 1.165) is 17.8 Å². The number of rotatable bonds is 5. The second kappa shape index (κ2) is 5.57. The molecule has 19 heavy (non-hydrogen) atoms. The summed E-state index contributed by atoms with van der Waals surface area (Å²) in [7, 11) is 1.79. The Hall–Kier alpha value is -1.62. The summed E-state index contributed by atoms with van der Waals surface area (Å²) in [4.78, 5) is 12.2. The van der Waals surface area contributed by atoms with Crippen LogP contribution in [0.2, 0.25) is 5.02 Å². The largest absolute Gasteiger partial charge is 0.292 e. The third kappa shape index (κ3) is 2.71. The summed E-state index contributed by atoms with van der Waals surface area (Å²) in [6, 6.07) is 1.71. The van der Waals surface area contributed by atoms with Gasteiger partial charge in [0.1, 0.15) is 5.69 Å². The zero-order valence-corrected chi connectivity index (χ0v) is 12.1. The van der Waals surface area contributed by atoms with Gasteiger partial charge in [0.25, 0.3) is 0 Å². The van der Waals surface area contributed by atoms with Crippen molar-refractivity contribution in [2.24, 2.45) is 7.05 Å². The first-order chi connectivity index (χ1) is 9.06. The Morgan fingerprint density at radius 3 is 2.63 bits per heavy atom. The summed E-state index contributed by atoms with van der Waals surface area (Å²) in [5.41, 5.74) is 2.07. The highest BCUT2D eigenvalue weighted by atomic mass is 35.5. The minimum atomic E-state index is -0.0419. The number of Topliss-reactive ketones (excluding diaryl/α,β-unsaturated/α-hetero) is 1. The summed E-state index contributed by atoms with van der Waals surface area (Å²) in [6.45, 7) is 4.68. The van der Waals surface area contributed by atoms with Crippen molar-refractivity contribution in [2.75, 3.05) is 0 Å². The third-order valence-corrected chi connectivity index (χ3v) is 3.46. The topological polar surface area (TPSA) is 52.7 Å². The molecule has 0 spiro atoms. The van der Waals surface area contributed by atoms with E-state index < -0.39 is 0 Å². The maximum Gasteiger partial charge on any atom is 0.189 e. The molecule has 2 heterocycles. The second-order valence-corrected chi connectivity index (χ2v) is 4.73. The molecule has 2 rings (SSSR count). The molecule has 2 aromatic heterocycles. The van der Waals surface area contributed by atoms with Gasteiger partial charge in [-0.05, 0) is 19.4 Å². The number of hydrogen-bond acceptors (Lipinski definition) is 3. The fraction of sp³-hybridized carbons (Fsp3) is 0.462. The van der Waals surface area contributed by atoms with Crippen LogP contribution in [0.3, 0.4) is 0 Å². The molecular formula is C13H17ClN4O. The van der Waals surface area contributed by atoms with Crippen LogP contribution in [0, 0.1) is 0 Å². The molecule has 0 unspecified atom stereocenters. The van der Waals surface area contributed by atoms with Crippen molar-refractivity contribution in [3.8, 4) is 0 Å². The monoisotopic (exact) mass is 280 g/mol. The van der Waals surface area contributed by atoms with Crippen LogP contribution in [0.25, 0.3) is 0 Å². The molecule has 0 amide bonds. The van der Waals surface area contributed by atoms with Crippen LogP contribution >= 0.6 is 11.6 Å². The molecule has 0 aliphatic rings. The molecule has 0 fully saturated rings. The highest BCUT2D eigenvalue weighted by molar-refractivity contribution is 6.32. The van der Waals surface area contributed by atoms with Crippen LogP contribution < -0.4 is 0 Å². The molecule has 2 aromatic rings. The van der Waals surface area contributed by atoms with Crippen LogP contribution in [0.15, 0.2) is 12.3 Å². The summed E-state index contributed by atoms with van der Waals surface area (Å²) in [5.74, 6) is -0.0419. The molecule has 0 atom stereocenters. The van der Waals surface area contributed by atoms with Crippen molar-refractivity contribution < 1.29 is 4.79 Å². The van der Waals surface area contributed by atoms with Crippen molar-refractivity contribution in [3.05, 3.63) is 34.4 Å². The van der Waals surface area contributed by atoms with Gasteiger partial charge in [0.15, 0.2) is 5.78 Å². The van der Waals surface area contributed by atoms with E-state index >= 15 is 0 Å². The van der Waals surface area contributed by atoms with Crippen LogP contribution in [-0.4, -0.2) is 25.3 Å². The lowest BCUT2D eigenvalue weighted by Crippen LogP contribution is -2.11. The maximum atomic E-state index is 12.2. The van der Waals surface area contributed by atoms with E-state index in [-0.39, 0.29) is 12.2 Å². The molecule has 0 bridgehead atoms. The molecular weight excluding hydrogens is 264 g/mol. The SMILES string of the molecule is CCc1nn(CC)c(CC(=O)c2ccn(C)n2)c1Cl. The van der Waals surface area contributed by atoms with Gasteiger partial charge in [0.05, 0.1) is 22.8 Å². The van der Waals surface area contributed by atoms with Crippen molar-refractivity contribution in [1.29, 1.82) is 0 Å². The first kappa shape index (κ1) is 13.8. The summed E-state index contributed by atoms with van der Waals surface area (Å²) >= 11 is 6.28. The van der Waals surface area contributed by atoms with E-state index in [4.69, 9.17) is 11.6 Å². The lowest BCUT2D eigenvalue weighted by molar-refractivity contribution is 0.0985. The standard InChI is InChI=1S/C13H17ClN4O/c1-4-9-13(14)11(18(5-2)16-9)8-12(19)10-6-7-17(3)15-10/h6-7H,4-5,8H2,1-3H3. The molecule has 0 saturated heterocycles. The zero-order valence-electron chi connectivity index (χ0n) is 11.4. The minimum Gasteiger partial charge on any atom is -0.292 e. The van der Waals surface area contributed by atoms with Gasteiger partial charge in [-0.15, -0.1) is 0 Å². The van der Waals surface area contributed by atoms with Crippen LogP contribution in [-0.2, 0) is 26.4 Å². The van der Waals surface area contributed by atoms with Gasteiger partial charge < -0.3 is 0 Å². The summed E-state index contributed by atoms with van der Waals surface area (Å²) < 4.78 is 3.41. The highest BCUT2D eigenvalue weighted by Gasteiger charge is 2.19. The molecule has 0 N–H and O–H groups in total. The van der Waals surface area contributed by atoms with Gasteiger partial charge in [-0.3, -0.25) is 14.2 Å². The van der Waals surface area contributed by atoms with E-state index in [9.17, 15) is 4.79 Å². The Labute approximate surface area is 117 Å². The van der Waals surface area contributed by atoms with Gasteiger partial charge in [0.2, 0.25) is 0 Å². The maximum absolute atomic E-state index is 12.2. The number of carbonyl (C=O) groups excluding carboxylic acids is 1. The molecule has 0 radical (unpaired) electrons. The quantitative estimate of drug-likeness (QED) is 0.790. The Morgan fingerprint density at radius 2 is 2.11 bits per heavy atom. The van der Waals surface area contributed by atoms with Crippen LogP contribution in [0.5, 0.6) is 0 Å². The fourth-order valence-corrected chi connectivity index (χ4v) is 2.33. The van der Waals surface area contributed by atoms with Gasteiger partial charge in [0, 0.05) is 19.8 Å². The number of aromatic nitrogens is 4. The van der Waals surface area contributed by atoms with Crippen molar-refractivity contribution >= 4 is 17.4 Å². The Balaban J connectivity index is 2.28. The van der Waals surface area contributed by atoms with Gasteiger partial charge in [-0.1, -0.05) is 18.5 Å². The predicted molar refractivity (Wildman–Crippen MR) is 73.5 cm³/mol. The van der Waals surface area contributed by atoms with Gasteiger partial charge in [-0.2, -0.15) is 10.2 Å². The molecule has 0 aliphatic heterocycles. The van der Waals surface area contributed by atoms with Crippen molar-refractivity contribution in [1.82, 2.24) is 19.6 Å². The Morgan fingerprint density at radius 1 is 1.37 bits per heavy atom. The smallest absolute Gasteiger partial charge is 0.189 e. The molecule has 6 heteroatoms. The molecule has 0 aliphatic carbocycles. The van der Waals surface area contributed by atoms with Crippen LogP contribution in [0.4, 0.5) is 0 Å². The zero-order chi connectivity index (χ0) is 14.0. The van der Waals surface area contributed by atoms with E-state index in [1.165, 1.54) is 0 Å².